The van der Waals surface area contributed by atoms with E-state index in [-0.39, 0.29) is 23.2 Å². The number of aromatic nitrogens is 2. The van der Waals surface area contributed by atoms with Crippen LogP contribution in [-0.4, -0.2) is 42.2 Å². The van der Waals surface area contributed by atoms with Gasteiger partial charge in [0.05, 0.1) is 33.9 Å². The van der Waals surface area contributed by atoms with Gasteiger partial charge in [0.15, 0.2) is 5.16 Å². The summed E-state index contributed by atoms with van der Waals surface area (Å²) in [5.41, 5.74) is 2.78. The van der Waals surface area contributed by atoms with Gasteiger partial charge in [-0.25, -0.2) is 23.3 Å². The van der Waals surface area contributed by atoms with Gasteiger partial charge in [-0.1, -0.05) is 25.1 Å². The standard InChI is InChI=1S/C24H30N4O5S3/c1-3-5-12-28-18-11-10-15(36(25,31)32)13-17(18)26-24(28)34-14-20(29)27-22-21(23(30)33-4-2)16-8-6-7-9-19(16)35-22/h10-11,13H,3-9,12,14H2,1-2H3,(H,27,29)(H2,25,31,32). The fraction of sp³-hybridized carbons (Fsp3) is 0.458. The molecule has 1 aliphatic rings. The first-order valence-electron chi connectivity index (χ1n) is 12.0. The average Bonchev–Trinajstić information content (AvgIpc) is 3.37. The number of hydrogen-bond acceptors (Lipinski definition) is 8. The molecule has 0 fully saturated rings. The number of benzene rings is 1. The van der Waals surface area contributed by atoms with E-state index in [0.29, 0.717) is 27.8 Å². The van der Waals surface area contributed by atoms with Crippen molar-refractivity contribution in [2.45, 2.75) is 69.0 Å². The third-order valence-electron chi connectivity index (χ3n) is 5.98. The number of hydrogen-bond donors (Lipinski definition) is 2. The third kappa shape index (κ3) is 5.77. The maximum absolute atomic E-state index is 12.9. The van der Waals surface area contributed by atoms with Crippen LogP contribution in [0.2, 0.25) is 0 Å². The number of aryl methyl sites for hydroxylation is 2. The first-order valence-corrected chi connectivity index (χ1v) is 15.3. The maximum atomic E-state index is 12.9. The van der Waals surface area contributed by atoms with Gasteiger partial charge in [-0.15, -0.1) is 11.3 Å². The topological polar surface area (TPSA) is 133 Å². The van der Waals surface area contributed by atoms with Gasteiger partial charge in [-0.3, -0.25) is 4.79 Å². The molecule has 2 aromatic heterocycles. The van der Waals surface area contributed by atoms with E-state index in [1.54, 1.807) is 13.0 Å². The van der Waals surface area contributed by atoms with Gasteiger partial charge in [-0.05, 0) is 62.8 Å². The van der Waals surface area contributed by atoms with Crippen LogP contribution in [0.1, 0.15) is 60.3 Å². The van der Waals surface area contributed by atoms with Crippen LogP contribution in [0.4, 0.5) is 5.00 Å². The fourth-order valence-electron chi connectivity index (χ4n) is 4.27. The number of nitrogens with zero attached hydrogens (tertiary/aromatic N) is 2. The number of esters is 1. The Bertz CT molecular complexity index is 1390. The summed E-state index contributed by atoms with van der Waals surface area (Å²) in [5.74, 6) is -0.558. The van der Waals surface area contributed by atoms with Crippen LogP contribution in [0.3, 0.4) is 0 Å². The highest BCUT2D eigenvalue weighted by atomic mass is 32.2. The molecule has 3 N–H and O–H groups in total. The number of amides is 1. The second-order valence-corrected chi connectivity index (χ2v) is 12.2. The Hall–Kier alpha value is -2.41. The first kappa shape index (κ1) is 26.6. The van der Waals surface area contributed by atoms with Crippen LogP contribution in [-0.2, 0) is 38.9 Å². The molecule has 3 aromatic rings. The van der Waals surface area contributed by atoms with Crippen LogP contribution < -0.4 is 10.5 Å². The Balaban J connectivity index is 1.55. The highest BCUT2D eigenvalue weighted by Gasteiger charge is 2.27. The van der Waals surface area contributed by atoms with Gasteiger partial charge < -0.3 is 14.6 Å². The number of sulfonamides is 1. The summed E-state index contributed by atoms with van der Waals surface area (Å²) < 4.78 is 30.8. The van der Waals surface area contributed by atoms with Gasteiger partial charge in [0.25, 0.3) is 0 Å². The molecular formula is C24H30N4O5S3. The van der Waals surface area contributed by atoms with E-state index < -0.39 is 16.0 Å². The summed E-state index contributed by atoms with van der Waals surface area (Å²) in [6.45, 7) is 4.81. The van der Waals surface area contributed by atoms with Crippen molar-refractivity contribution >= 4 is 61.0 Å². The quantitative estimate of drug-likeness (QED) is 0.283. The van der Waals surface area contributed by atoms with E-state index in [0.717, 1.165) is 54.5 Å². The van der Waals surface area contributed by atoms with E-state index in [2.05, 4.69) is 17.2 Å². The minimum absolute atomic E-state index is 0.00223. The SMILES string of the molecule is CCCCn1c(SCC(=O)Nc2sc3c(c2C(=O)OCC)CCCC3)nc2cc(S(N)(=O)=O)ccc21. The highest BCUT2D eigenvalue weighted by Crippen LogP contribution is 2.39. The molecule has 0 bridgehead atoms. The lowest BCUT2D eigenvalue weighted by atomic mass is 9.95. The molecule has 4 rings (SSSR count). The summed E-state index contributed by atoms with van der Waals surface area (Å²) in [7, 11) is -3.85. The summed E-state index contributed by atoms with van der Waals surface area (Å²) in [6.07, 6.45) is 5.68. The largest absolute Gasteiger partial charge is 0.462 e. The average molecular weight is 551 g/mol. The Morgan fingerprint density at radius 1 is 1.25 bits per heavy atom. The number of carbonyl (C=O) groups excluding carboxylic acids is 2. The zero-order valence-electron chi connectivity index (χ0n) is 20.3. The van der Waals surface area contributed by atoms with Crippen LogP contribution in [0.5, 0.6) is 0 Å². The van der Waals surface area contributed by atoms with Gasteiger partial charge in [0, 0.05) is 11.4 Å². The van der Waals surface area contributed by atoms with Crippen molar-refractivity contribution < 1.29 is 22.7 Å². The smallest absolute Gasteiger partial charge is 0.341 e. The van der Waals surface area contributed by atoms with E-state index >= 15 is 0 Å². The molecule has 194 valence electrons. The second kappa shape index (κ2) is 11.3. The Kier molecular flexibility index (Phi) is 8.38. The summed E-state index contributed by atoms with van der Waals surface area (Å²) >= 11 is 2.73. The molecule has 9 nitrogen and oxygen atoms in total. The van der Waals surface area contributed by atoms with Crippen molar-refractivity contribution in [2.24, 2.45) is 5.14 Å². The van der Waals surface area contributed by atoms with Crippen molar-refractivity contribution in [3.05, 3.63) is 34.2 Å². The van der Waals surface area contributed by atoms with Crippen LogP contribution in [0.25, 0.3) is 11.0 Å². The number of nitrogens with two attached hydrogens (primary N) is 1. The molecule has 0 radical (unpaired) electrons. The van der Waals surface area contributed by atoms with Crippen molar-refractivity contribution in [1.29, 1.82) is 0 Å². The number of unbranched alkanes of at least 4 members (excludes halogenated alkanes) is 1. The number of primary sulfonamides is 1. The maximum Gasteiger partial charge on any atom is 0.341 e. The van der Waals surface area contributed by atoms with Gasteiger partial charge in [-0.2, -0.15) is 0 Å². The number of anilines is 1. The number of nitrogens with one attached hydrogen (secondary N) is 1. The summed E-state index contributed by atoms with van der Waals surface area (Å²) in [6, 6.07) is 4.63. The van der Waals surface area contributed by atoms with E-state index in [1.807, 2.05) is 4.57 Å². The predicted octanol–water partition coefficient (Wildman–Crippen LogP) is 4.33. The molecule has 2 heterocycles. The normalized spacial score (nSPS) is 13.5. The van der Waals surface area contributed by atoms with Gasteiger partial charge >= 0.3 is 5.97 Å². The number of carbonyl (C=O) groups is 2. The molecule has 0 saturated heterocycles. The van der Waals surface area contributed by atoms with E-state index in [1.165, 1.54) is 35.2 Å². The van der Waals surface area contributed by atoms with Crippen molar-refractivity contribution in [2.75, 3.05) is 17.7 Å². The van der Waals surface area contributed by atoms with Gasteiger partial charge in [0.2, 0.25) is 15.9 Å². The minimum Gasteiger partial charge on any atom is -0.462 e. The summed E-state index contributed by atoms with van der Waals surface area (Å²) in [5, 5.41) is 9.37. The molecule has 0 unspecified atom stereocenters. The molecule has 36 heavy (non-hydrogen) atoms. The Morgan fingerprint density at radius 3 is 2.75 bits per heavy atom. The Morgan fingerprint density at radius 2 is 2.03 bits per heavy atom. The molecule has 0 atom stereocenters. The number of ether oxygens (including phenoxy) is 1. The minimum atomic E-state index is -3.85. The zero-order chi connectivity index (χ0) is 25.9. The molecule has 1 amide bonds. The number of fused-ring (bicyclic) bond motifs is 2. The number of thiophene rings is 1. The number of rotatable bonds is 10. The molecule has 1 aliphatic carbocycles. The van der Waals surface area contributed by atoms with Crippen LogP contribution >= 0.6 is 23.1 Å². The van der Waals surface area contributed by atoms with Gasteiger partial charge in [0.1, 0.15) is 5.00 Å². The first-order chi connectivity index (χ1) is 17.2. The van der Waals surface area contributed by atoms with Crippen LogP contribution in [0.15, 0.2) is 28.3 Å². The molecular weight excluding hydrogens is 520 g/mol. The zero-order valence-corrected chi connectivity index (χ0v) is 22.8. The predicted molar refractivity (Wildman–Crippen MR) is 142 cm³/mol. The van der Waals surface area contributed by atoms with Crippen molar-refractivity contribution in [3.8, 4) is 0 Å². The molecule has 0 spiro atoms. The lowest BCUT2D eigenvalue weighted by molar-refractivity contribution is -0.113. The van der Waals surface area contributed by atoms with Crippen molar-refractivity contribution in [3.63, 3.8) is 0 Å². The lowest BCUT2D eigenvalue weighted by Crippen LogP contribution is -2.17. The fourth-order valence-corrected chi connectivity index (χ4v) is 6.94. The number of imidazole rings is 1. The van der Waals surface area contributed by atoms with Crippen LogP contribution in [0, 0.1) is 0 Å². The van der Waals surface area contributed by atoms with E-state index in [4.69, 9.17) is 9.88 Å². The molecule has 1 aromatic carbocycles. The van der Waals surface area contributed by atoms with E-state index in [9.17, 15) is 18.0 Å². The highest BCUT2D eigenvalue weighted by molar-refractivity contribution is 7.99. The monoisotopic (exact) mass is 550 g/mol. The Labute approximate surface area is 218 Å². The molecule has 0 aliphatic heterocycles. The second-order valence-electron chi connectivity index (χ2n) is 8.57. The summed E-state index contributed by atoms with van der Waals surface area (Å²) in [4.78, 5) is 31.3. The lowest BCUT2D eigenvalue weighted by Gasteiger charge is -2.12. The molecule has 12 heteroatoms. The van der Waals surface area contributed by atoms with Crippen molar-refractivity contribution in [1.82, 2.24) is 9.55 Å². The molecule has 0 saturated carbocycles. The number of thioether (sulfide) groups is 1. The third-order valence-corrected chi connectivity index (χ3v) is 9.08.